The maximum absolute atomic E-state index is 5.02. The fourth-order valence-electron chi connectivity index (χ4n) is 4.66. The van der Waals surface area contributed by atoms with Gasteiger partial charge in [-0.25, -0.2) is 15.0 Å². The lowest BCUT2D eigenvalue weighted by Crippen LogP contribution is -2.44. The van der Waals surface area contributed by atoms with E-state index in [0.29, 0.717) is 6.54 Å². The molecule has 1 aliphatic rings. The fourth-order valence-corrected chi connectivity index (χ4v) is 4.66. The second-order valence-corrected chi connectivity index (χ2v) is 9.07. The van der Waals surface area contributed by atoms with E-state index in [2.05, 4.69) is 49.6 Å². The predicted molar refractivity (Wildman–Crippen MR) is 134 cm³/mol. The number of aromatic nitrogens is 8. The number of imidazole rings is 1. The zero-order chi connectivity index (χ0) is 23.9. The van der Waals surface area contributed by atoms with Crippen molar-refractivity contribution >= 4 is 22.5 Å². The summed E-state index contributed by atoms with van der Waals surface area (Å²) < 4.78 is 4.24. The van der Waals surface area contributed by atoms with Gasteiger partial charge in [-0.05, 0) is 38.1 Å². The van der Waals surface area contributed by atoms with Crippen LogP contribution in [0.1, 0.15) is 24.0 Å². The maximum Gasteiger partial charge on any atom is 0.182 e. The Morgan fingerprint density at radius 2 is 1.80 bits per heavy atom. The molecule has 6 rings (SSSR count). The number of aryl methyl sites for hydroxylation is 2. The van der Waals surface area contributed by atoms with E-state index in [1.807, 2.05) is 48.2 Å². The third-order valence-electron chi connectivity index (χ3n) is 6.73. The van der Waals surface area contributed by atoms with Gasteiger partial charge in [-0.2, -0.15) is 0 Å². The minimum Gasteiger partial charge on any atom is -0.354 e. The number of nitrogens with zero attached hydrogens (tertiary/aromatic N) is 10. The molecule has 6 heterocycles. The van der Waals surface area contributed by atoms with Crippen LogP contribution in [0.25, 0.3) is 28.2 Å². The lowest BCUT2D eigenvalue weighted by molar-refractivity contribution is 0.312. The van der Waals surface area contributed by atoms with Crippen LogP contribution in [0.5, 0.6) is 0 Å². The van der Waals surface area contributed by atoms with Crippen LogP contribution in [-0.4, -0.2) is 77.2 Å². The molecule has 1 aliphatic heterocycles. The van der Waals surface area contributed by atoms with Gasteiger partial charge in [0.25, 0.3) is 0 Å². The zero-order valence-electron chi connectivity index (χ0n) is 20.3. The summed E-state index contributed by atoms with van der Waals surface area (Å²) in [5, 5.41) is 8.58. The van der Waals surface area contributed by atoms with Crippen molar-refractivity contribution in [1.29, 1.82) is 0 Å². The summed E-state index contributed by atoms with van der Waals surface area (Å²) >= 11 is 0. The average molecular weight is 469 g/mol. The summed E-state index contributed by atoms with van der Waals surface area (Å²) in [5.74, 6) is 2.62. The number of anilines is 1. The molecular weight excluding hydrogens is 440 g/mol. The highest BCUT2D eigenvalue weighted by molar-refractivity contribution is 5.82. The Morgan fingerprint density at radius 1 is 1.00 bits per heavy atom. The largest absolute Gasteiger partial charge is 0.354 e. The molecule has 0 radical (unpaired) electrons. The third-order valence-corrected chi connectivity index (χ3v) is 6.73. The minimum atomic E-state index is 0.656. The van der Waals surface area contributed by atoms with Crippen LogP contribution in [0.3, 0.4) is 0 Å². The monoisotopic (exact) mass is 468 g/mol. The van der Waals surface area contributed by atoms with Gasteiger partial charge in [-0.15, -0.1) is 10.2 Å². The first-order chi connectivity index (χ1) is 17.1. The first kappa shape index (κ1) is 21.6. The van der Waals surface area contributed by atoms with E-state index in [9.17, 15) is 0 Å². The summed E-state index contributed by atoms with van der Waals surface area (Å²) in [6, 6.07) is 6.24. The van der Waals surface area contributed by atoms with Gasteiger partial charge in [0.05, 0.1) is 17.4 Å². The van der Waals surface area contributed by atoms with Gasteiger partial charge >= 0.3 is 0 Å². The van der Waals surface area contributed by atoms with Crippen LogP contribution in [0, 0.1) is 6.92 Å². The van der Waals surface area contributed by atoms with Gasteiger partial charge in [0.15, 0.2) is 11.5 Å². The molecule has 35 heavy (non-hydrogen) atoms. The highest BCUT2D eigenvalue weighted by Crippen LogP contribution is 2.28. The van der Waals surface area contributed by atoms with Crippen LogP contribution in [0.4, 0.5) is 5.82 Å². The number of rotatable bonds is 5. The van der Waals surface area contributed by atoms with Crippen LogP contribution < -0.4 is 4.90 Å². The normalized spacial score (nSPS) is 14.9. The lowest BCUT2D eigenvalue weighted by atomic mass is 10.2. The Balaban J connectivity index is 1.52. The third kappa shape index (κ3) is 3.89. The van der Waals surface area contributed by atoms with Crippen molar-refractivity contribution < 1.29 is 0 Å². The molecule has 0 amide bonds. The first-order valence-corrected chi connectivity index (χ1v) is 12.0. The molecule has 1 fully saturated rings. The molecule has 1 saturated heterocycles. The van der Waals surface area contributed by atoms with Gasteiger partial charge in [0.1, 0.15) is 22.9 Å². The van der Waals surface area contributed by atoms with Crippen LogP contribution in [0.2, 0.25) is 0 Å². The molecule has 5 aromatic heterocycles. The lowest BCUT2D eigenvalue weighted by Gasteiger charge is -2.33. The van der Waals surface area contributed by atoms with E-state index in [4.69, 9.17) is 15.0 Å². The molecule has 0 N–H and O–H groups in total. The van der Waals surface area contributed by atoms with Crippen molar-refractivity contribution in [3.63, 3.8) is 0 Å². The Kier molecular flexibility index (Phi) is 5.37. The SMILES string of the molecule is CCc1nc(-c2nc3cnc(N4CCN(C)CC4)cc3n2Cc2ccncc2)cn2c(C)nnc12. The molecule has 0 aliphatic carbocycles. The number of fused-ring (bicyclic) bond motifs is 2. The van der Waals surface area contributed by atoms with Crippen LogP contribution >= 0.6 is 0 Å². The number of piperazine rings is 1. The zero-order valence-corrected chi connectivity index (χ0v) is 20.3. The Labute approximate surface area is 203 Å². The summed E-state index contributed by atoms with van der Waals surface area (Å²) in [4.78, 5) is 23.6. The standard InChI is InChI=1S/C25H28N10/c1-4-19-25-31-30-17(2)34(25)16-21(28-19)24-29-20-14-27-23(33-11-9-32(3)10-12-33)13-22(20)35(24)15-18-5-7-26-8-6-18/h5-8,13-14,16H,4,9-12,15H2,1-3H3. The van der Waals surface area contributed by atoms with E-state index >= 15 is 0 Å². The van der Waals surface area contributed by atoms with Gasteiger partial charge in [0, 0.05) is 57.4 Å². The van der Waals surface area contributed by atoms with Crippen molar-refractivity contribution in [3.05, 3.63) is 60.1 Å². The average Bonchev–Trinajstić information content (AvgIpc) is 3.44. The van der Waals surface area contributed by atoms with Crippen molar-refractivity contribution in [1.82, 2.24) is 44.0 Å². The minimum absolute atomic E-state index is 0.656. The van der Waals surface area contributed by atoms with Crippen molar-refractivity contribution in [2.24, 2.45) is 0 Å². The van der Waals surface area contributed by atoms with E-state index < -0.39 is 0 Å². The molecule has 0 saturated carbocycles. The predicted octanol–water partition coefficient (Wildman–Crippen LogP) is 2.60. The van der Waals surface area contributed by atoms with Crippen molar-refractivity contribution in [2.75, 3.05) is 38.1 Å². The smallest absolute Gasteiger partial charge is 0.182 e. The number of hydrogen-bond donors (Lipinski definition) is 0. The number of hydrogen-bond acceptors (Lipinski definition) is 8. The molecule has 10 heteroatoms. The Bertz CT molecular complexity index is 1500. The first-order valence-electron chi connectivity index (χ1n) is 12.0. The molecule has 0 spiro atoms. The van der Waals surface area contributed by atoms with Crippen molar-refractivity contribution in [3.8, 4) is 11.5 Å². The molecule has 0 atom stereocenters. The van der Waals surface area contributed by atoms with E-state index in [0.717, 1.165) is 83.7 Å². The van der Waals surface area contributed by atoms with Crippen LogP contribution in [0.15, 0.2) is 43.0 Å². The number of pyridine rings is 2. The van der Waals surface area contributed by atoms with E-state index in [1.54, 1.807) is 0 Å². The molecule has 10 nitrogen and oxygen atoms in total. The second-order valence-electron chi connectivity index (χ2n) is 9.07. The fraction of sp³-hybridized carbons (Fsp3) is 0.360. The molecule has 0 aromatic carbocycles. The Hall–Kier alpha value is -3.92. The highest BCUT2D eigenvalue weighted by atomic mass is 15.3. The van der Waals surface area contributed by atoms with Gasteiger partial charge in [-0.1, -0.05) is 6.92 Å². The van der Waals surface area contributed by atoms with E-state index in [1.165, 1.54) is 0 Å². The topological polar surface area (TPSA) is 93.2 Å². The van der Waals surface area contributed by atoms with Gasteiger partial charge in [-0.3, -0.25) is 9.38 Å². The van der Waals surface area contributed by atoms with Gasteiger partial charge in [0.2, 0.25) is 0 Å². The molecule has 0 bridgehead atoms. The second kappa shape index (κ2) is 8.70. The summed E-state index contributed by atoms with van der Waals surface area (Å²) in [5.41, 5.74) is 5.54. The van der Waals surface area contributed by atoms with Crippen LogP contribution in [-0.2, 0) is 13.0 Å². The maximum atomic E-state index is 5.02. The molecular formula is C25H28N10. The molecule has 0 unspecified atom stereocenters. The summed E-state index contributed by atoms with van der Waals surface area (Å²) in [6.07, 6.45) is 8.29. The summed E-state index contributed by atoms with van der Waals surface area (Å²) in [7, 11) is 2.16. The quantitative estimate of drug-likeness (QED) is 0.389. The molecule has 5 aromatic rings. The van der Waals surface area contributed by atoms with E-state index in [-0.39, 0.29) is 0 Å². The summed E-state index contributed by atoms with van der Waals surface area (Å²) in [6.45, 7) is 8.68. The van der Waals surface area contributed by atoms with Crippen molar-refractivity contribution in [2.45, 2.75) is 26.8 Å². The van der Waals surface area contributed by atoms with Gasteiger partial charge < -0.3 is 14.4 Å². The Morgan fingerprint density at radius 3 is 2.57 bits per heavy atom. The number of likely N-dealkylation sites (N-methyl/N-ethyl adjacent to an activating group) is 1. The highest BCUT2D eigenvalue weighted by Gasteiger charge is 2.21. The molecule has 178 valence electrons.